The first-order valence-electron chi connectivity index (χ1n) is 19.8. The first-order chi connectivity index (χ1) is 28.2. The first-order valence-corrected chi connectivity index (χ1v) is 22.4. The minimum Gasteiger partial charge on any atom is -0.480 e. The Kier molecular flexibility index (Phi) is 21.1. The number of nitrogens with one attached hydrogen (secondary N) is 5. The molecule has 4 amide bonds. The smallest absolute Gasteiger partial charge is 0.325 e. The van der Waals surface area contributed by atoms with Crippen LogP contribution in [0.4, 0.5) is 5.69 Å². The van der Waals surface area contributed by atoms with Gasteiger partial charge in [-0.15, -0.1) is 0 Å². The van der Waals surface area contributed by atoms with E-state index in [9.17, 15) is 37.5 Å². The molecule has 0 aliphatic rings. The molecule has 0 radical (unpaired) electrons. The molecule has 5 atom stereocenters. The molecule has 0 saturated carbocycles. The van der Waals surface area contributed by atoms with Crippen molar-refractivity contribution in [3.05, 3.63) is 70.1 Å². The van der Waals surface area contributed by atoms with Gasteiger partial charge in [0.1, 0.15) is 24.2 Å². The monoisotopic (exact) mass is 871 g/mol. The number of carboxylic acids is 1. The van der Waals surface area contributed by atoms with Crippen LogP contribution in [0.25, 0.3) is 21.2 Å². The Labute approximate surface area is 357 Å². The first kappa shape index (κ1) is 51.0. The minimum atomic E-state index is -4.20. The van der Waals surface area contributed by atoms with Crippen LogP contribution in [0.2, 0.25) is 0 Å². The van der Waals surface area contributed by atoms with Crippen molar-refractivity contribution in [2.24, 2.45) is 17.0 Å². The van der Waals surface area contributed by atoms with Gasteiger partial charge in [0, 0.05) is 53.5 Å². The predicted octanol–water partition coefficient (Wildman–Crippen LogP) is 4.65. The van der Waals surface area contributed by atoms with E-state index in [1.807, 2.05) is 64.1 Å². The maximum absolute atomic E-state index is 13.9. The number of carbonyl (C=O) groups excluding carboxylic acids is 4. The van der Waals surface area contributed by atoms with Gasteiger partial charge < -0.3 is 31.3 Å². The second-order valence-electron chi connectivity index (χ2n) is 15.2. The van der Waals surface area contributed by atoms with E-state index in [2.05, 4.69) is 36.0 Å². The Morgan fingerprint density at radius 3 is 2.13 bits per heavy atom. The summed E-state index contributed by atoms with van der Waals surface area (Å²) in [5.74, 6) is -4.42. The van der Waals surface area contributed by atoms with Gasteiger partial charge in [0.15, 0.2) is 0 Å². The number of amides is 4. The third kappa shape index (κ3) is 16.2. The summed E-state index contributed by atoms with van der Waals surface area (Å²) in [6, 6.07) is 5.52. The number of sulfonamides is 1. The van der Waals surface area contributed by atoms with E-state index in [0.29, 0.717) is 29.5 Å². The van der Waals surface area contributed by atoms with E-state index in [4.69, 9.17) is 5.53 Å². The van der Waals surface area contributed by atoms with Crippen molar-refractivity contribution in [2.45, 2.75) is 96.8 Å². The third-order valence-corrected chi connectivity index (χ3v) is 12.2. The fourth-order valence-electron chi connectivity index (χ4n) is 5.90. The molecule has 0 aliphatic carbocycles. The molecule has 60 heavy (non-hydrogen) atoms. The maximum atomic E-state index is 13.9. The van der Waals surface area contributed by atoms with Crippen LogP contribution in [-0.4, -0.2) is 106 Å². The lowest BCUT2D eigenvalue weighted by Gasteiger charge is -2.29. The zero-order valence-electron chi connectivity index (χ0n) is 35.9. The molecule has 0 aromatic heterocycles. The van der Waals surface area contributed by atoms with Crippen molar-refractivity contribution in [3.63, 3.8) is 0 Å². The number of azide groups is 1. The average molecular weight is 872 g/mol. The Hall–Kier alpha value is -5.10. The van der Waals surface area contributed by atoms with Crippen LogP contribution < -0.4 is 30.9 Å². The number of carboxylic acid groups (broad SMARTS) is 1. The fourth-order valence-corrected chi connectivity index (χ4v) is 8.11. The van der Waals surface area contributed by atoms with E-state index in [1.54, 1.807) is 39.0 Å². The molecule has 0 fully saturated rings. The van der Waals surface area contributed by atoms with Gasteiger partial charge in [0.05, 0.1) is 11.4 Å². The molecule has 0 heterocycles. The van der Waals surface area contributed by atoms with Gasteiger partial charge >= 0.3 is 5.97 Å². The van der Waals surface area contributed by atoms with E-state index in [-0.39, 0.29) is 16.6 Å². The summed E-state index contributed by atoms with van der Waals surface area (Å²) < 4.78 is 29.5. The number of anilines is 1. The number of allylic oxidation sites excluding steroid dienone is 2. The third-order valence-electron chi connectivity index (χ3n) is 9.72. The second-order valence-corrected chi connectivity index (χ2v) is 18.0. The van der Waals surface area contributed by atoms with Gasteiger partial charge in [-0.05, 0) is 63.1 Å². The van der Waals surface area contributed by atoms with Crippen LogP contribution in [-0.2, 0) is 34.0 Å². The summed E-state index contributed by atoms with van der Waals surface area (Å²) in [5.41, 5.74) is 11.4. The fraction of sp³-hybridized carbons (Fsp3) is 0.537. The highest BCUT2D eigenvalue weighted by Gasteiger charge is 2.34. The van der Waals surface area contributed by atoms with Crippen molar-refractivity contribution >= 4 is 67.8 Å². The summed E-state index contributed by atoms with van der Waals surface area (Å²) >= 11 is 1.34. The lowest BCUT2D eigenvalue weighted by Crippen LogP contribution is -2.60. The molecular formula is C41H61N9O8S2. The molecule has 0 aliphatic heterocycles. The molecule has 0 spiro atoms. The lowest BCUT2D eigenvalue weighted by molar-refractivity contribution is -0.142. The molecule has 19 heteroatoms. The number of benzene rings is 2. The molecular weight excluding hydrogens is 811 g/mol. The van der Waals surface area contributed by atoms with Crippen molar-refractivity contribution in [1.29, 1.82) is 0 Å². The van der Waals surface area contributed by atoms with Gasteiger partial charge in [-0.3, -0.25) is 24.0 Å². The number of hydrogen-bond donors (Lipinski definition) is 6. The number of carbonyl (C=O) groups is 5. The van der Waals surface area contributed by atoms with E-state index in [0.717, 1.165) is 29.7 Å². The topological polar surface area (TPSA) is 252 Å². The Balaban J connectivity index is 2.30. The molecule has 330 valence electrons. The predicted molar refractivity (Wildman–Crippen MR) is 237 cm³/mol. The molecule has 6 N–H and O–H groups in total. The highest BCUT2D eigenvalue weighted by Crippen LogP contribution is 2.30. The average Bonchev–Trinajstić information content (AvgIpc) is 3.20. The molecule has 17 nitrogen and oxygen atoms in total. The summed E-state index contributed by atoms with van der Waals surface area (Å²) in [6.45, 7) is 11.7. The van der Waals surface area contributed by atoms with Crippen LogP contribution in [0.3, 0.4) is 0 Å². The molecule has 0 bridgehead atoms. The van der Waals surface area contributed by atoms with E-state index < -0.39 is 76.3 Å². The van der Waals surface area contributed by atoms with Gasteiger partial charge in [-0.1, -0.05) is 86.8 Å². The molecule has 2 rings (SSSR count). The number of thioether (sulfide) groups is 1. The van der Waals surface area contributed by atoms with Crippen LogP contribution >= 0.6 is 11.8 Å². The van der Waals surface area contributed by atoms with Crippen LogP contribution in [0.15, 0.2) is 69.7 Å². The highest BCUT2D eigenvalue weighted by molar-refractivity contribution is 7.99. The maximum Gasteiger partial charge on any atom is 0.325 e. The summed E-state index contributed by atoms with van der Waals surface area (Å²) in [4.78, 5) is 70.1. The van der Waals surface area contributed by atoms with Crippen molar-refractivity contribution in [1.82, 2.24) is 26.0 Å². The zero-order chi connectivity index (χ0) is 45.2. The second kappa shape index (κ2) is 24.9. The largest absolute Gasteiger partial charge is 0.480 e. The quantitative estimate of drug-likeness (QED) is 0.0265. The summed E-state index contributed by atoms with van der Waals surface area (Å²) in [7, 11) is -0.500. The summed E-state index contributed by atoms with van der Waals surface area (Å²) in [5, 5.41) is 24.5. The van der Waals surface area contributed by atoms with Crippen molar-refractivity contribution < 1.29 is 37.5 Å². The normalized spacial score (nSPS) is 14.6. The minimum absolute atomic E-state index is 0.0163. The van der Waals surface area contributed by atoms with Gasteiger partial charge in [0.25, 0.3) is 0 Å². The Morgan fingerprint density at radius 2 is 1.52 bits per heavy atom. The van der Waals surface area contributed by atoms with Crippen LogP contribution in [0.5, 0.6) is 0 Å². The number of rotatable bonds is 25. The molecule has 0 saturated heterocycles. The number of nitrogens with zero attached hydrogens (tertiary/aromatic N) is 4. The van der Waals surface area contributed by atoms with Crippen molar-refractivity contribution in [3.8, 4) is 0 Å². The van der Waals surface area contributed by atoms with Gasteiger partial charge in [-0.2, -0.15) is 11.8 Å². The molecule has 2 aromatic carbocycles. The molecule has 2 aromatic rings. The Morgan fingerprint density at radius 1 is 0.883 bits per heavy atom. The summed E-state index contributed by atoms with van der Waals surface area (Å²) in [6.07, 6.45) is 5.96. The highest BCUT2D eigenvalue weighted by atomic mass is 32.2. The van der Waals surface area contributed by atoms with Crippen LogP contribution in [0.1, 0.15) is 67.7 Å². The van der Waals surface area contributed by atoms with Crippen molar-refractivity contribution in [2.75, 3.05) is 43.6 Å². The number of fused-ring (bicyclic) bond motifs is 1. The number of aliphatic carboxylic acids is 1. The van der Waals surface area contributed by atoms with E-state index >= 15 is 0 Å². The Bertz CT molecular complexity index is 2050. The van der Waals surface area contributed by atoms with Gasteiger partial charge in [-0.25, -0.2) is 13.1 Å². The lowest BCUT2D eigenvalue weighted by atomic mass is 9.96. The standard InChI is InChI=1S/C41H61N9O8S2/c1-10-28(6)37(40(54)45-29(7)41(55)56)48-39(53)36(25(2)3)47-38(52)32(24-59-21-20-26(4)14-11-15-27(5)22-43-49-42)46-35(51)23-44-60(57,58)34-19-13-16-30-31(34)17-12-18-33(30)50(8)9/h12-13,15-20,25,28-29,32,36-37,44H,10-11,14,21-24H2,1-9H3,(H,45,54)(H,46,51)(H,47,52)(H,48,53)(H,55,56)/b26-20+,27-15+/t28-,29-,32-,36-,37-/m0/s1. The SMILES string of the molecule is CC[C@H](C)[C@H](NC(=O)[C@@H](NC(=O)[C@H](CSC/C=C(\C)CC/C=C(\C)CN=[N+]=[N-])NC(=O)CNS(=O)(=O)c1cccc2c(N(C)C)cccc12)C(C)C)C(=O)N[C@@H](C)C(=O)O. The molecule has 0 unspecified atom stereocenters. The van der Waals surface area contributed by atoms with Gasteiger partial charge in [0.2, 0.25) is 33.7 Å². The zero-order valence-corrected chi connectivity index (χ0v) is 37.6. The number of hydrogen-bond acceptors (Lipinski definition) is 10. The van der Waals surface area contributed by atoms with Crippen LogP contribution in [0, 0.1) is 11.8 Å². The van der Waals surface area contributed by atoms with E-state index in [1.165, 1.54) is 24.8 Å².